The minimum atomic E-state index is -1.16. The molecule has 0 amide bonds. The van der Waals surface area contributed by atoms with E-state index in [2.05, 4.69) is 70.6 Å². The van der Waals surface area contributed by atoms with Gasteiger partial charge in [-0.05, 0) is 159 Å². The van der Waals surface area contributed by atoms with Crippen molar-refractivity contribution in [3.05, 3.63) is 59.3 Å². The summed E-state index contributed by atoms with van der Waals surface area (Å²) in [6.07, 6.45) is 17.1. The molecular formula is C46H66N2O7. The maximum atomic E-state index is 12.8. The van der Waals surface area contributed by atoms with Crippen LogP contribution in [0.4, 0.5) is 0 Å². The van der Waals surface area contributed by atoms with E-state index in [0.29, 0.717) is 55.4 Å². The molecule has 9 heteroatoms. The van der Waals surface area contributed by atoms with E-state index in [-0.39, 0.29) is 51.9 Å². The Bertz CT molecular complexity index is 1770. The highest BCUT2D eigenvalue weighted by molar-refractivity contribution is 5.90. The number of β-amino-alcohol motifs (C(OH)–C–C–N with tert-alkyl or cyclic N) is 1. The number of aromatic nitrogens is 1. The Morgan fingerprint density at radius 2 is 1.73 bits per heavy atom. The van der Waals surface area contributed by atoms with Crippen LogP contribution in [0.15, 0.2) is 53.8 Å². The number of carboxylic acids is 2. The summed E-state index contributed by atoms with van der Waals surface area (Å²) in [5, 5.41) is 43.9. The smallest absolute Gasteiger partial charge is 0.341 e. The Hall–Kier alpha value is -3.01. The summed E-state index contributed by atoms with van der Waals surface area (Å²) in [5.74, 6) is 0.503. The summed E-state index contributed by atoms with van der Waals surface area (Å²) in [7, 11) is 0. The lowest BCUT2D eigenvalue weighted by Gasteiger charge is -2.72. The number of hydrogen-bond donors (Lipinski definition) is 5. The number of carboxylic acid groups (broad SMARTS) is 2. The van der Waals surface area contributed by atoms with Gasteiger partial charge in [-0.1, -0.05) is 58.9 Å². The number of fused-ring (bicyclic) bond motifs is 7. The molecule has 5 N–H and O–H groups in total. The number of carbonyl (C=O) groups is 2. The molecule has 1 aromatic heterocycles. The van der Waals surface area contributed by atoms with Gasteiger partial charge in [-0.25, -0.2) is 9.78 Å². The van der Waals surface area contributed by atoms with Crippen LogP contribution in [-0.2, 0) is 4.79 Å². The van der Waals surface area contributed by atoms with Crippen molar-refractivity contribution in [3.8, 4) is 5.88 Å². The maximum absolute atomic E-state index is 12.8. The van der Waals surface area contributed by atoms with Crippen molar-refractivity contribution in [2.45, 2.75) is 130 Å². The Morgan fingerprint density at radius 1 is 0.964 bits per heavy atom. The van der Waals surface area contributed by atoms with Crippen LogP contribution in [0.5, 0.6) is 5.88 Å². The van der Waals surface area contributed by atoms with Gasteiger partial charge in [0, 0.05) is 18.3 Å². The quantitative estimate of drug-likeness (QED) is 0.141. The van der Waals surface area contributed by atoms with E-state index in [4.69, 9.17) is 4.74 Å². The molecule has 0 aliphatic heterocycles. The number of allylic oxidation sites excluding steroid dienone is 5. The van der Waals surface area contributed by atoms with E-state index in [1.807, 2.05) is 0 Å². The lowest BCUT2D eigenvalue weighted by molar-refractivity contribution is -0.221. The first-order chi connectivity index (χ1) is 25.9. The highest BCUT2D eigenvalue weighted by Gasteiger charge is 2.70. The fraction of sp³-hybridized carbons (Fsp3) is 0.717. The Morgan fingerprint density at radius 3 is 2.38 bits per heavy atom. The number of nitrogens with one attached hydrogen (secondary N) is 1. The second kappa shape index (κ2) is 14.1. The zero-order valence-electron chi connectivity index (χ0n) is 34.1. The van der Waals surface area contributed by atoms with Crippen LogP contribution < -0.4 is 10.1 Å². The van der Waals surface area contributed by atoms with Crippen molar-refractivity contribution in [3.63, 3.8) is 0 Å². The third kappa shape index (κ3) is 6.16. The minimum absolute atomic E-state index is 0.0172. The average Bonchev–Trinajstić information content (AvgIpc) is 3.54. The normalized spacial score (nSPS) is 41.0. The lowest BCUT2D eigenvalue weighted by Crippen LogP contribution is -2.68. The van der Waals surface area contributed by atoms with Crippen molar-refractivity contribution in [2.24, 2.45) is 56.7 Å². The standard InChI is InChI=1S/C46H66N2O7/c1-28(2)31-14-21-46(48-25-30(50)26-49)23-22-43(6)34(37(31)46)10-11-36-42(5)17-15-33(41(3,4)35(42)16-18-44(36,43)7)29-12-19-45(20-13-29,40(53)54)27-55-38-32(39(51)52)9-8-24-47-38/h8-9,12,15,24,30-31,34-37,48-50H,1,10-11,13-14,16-23,25-27H2,2-7H3,(H,51,52)(H,53,54)/t30-,31+,34-,35+,36-,37-,42+,43-,44-,45+,46+/m1/s1. The number of aliphatic hydroxyl groups is 2. The van der Waals surface area contributed by atoms with Gasteiger partial charge in [-0.3, -0.25) is 4.79 Å². The summed E-state index contributed by atoms with van der Waals surface area (Å²) in [4.78, 5) is 28.6. The van der Waals surface area contributed by atoms with Gasteiger partial charge in [0.05, 0.1) is 12.7 Å². The van der Waals surface area contributed by atoms with Crippen LogP contribution in [-0.4, -0.2) is 68.8 Å². The third-order valence-electron chi connectivity index (χ3n) is 17.4. The van der Waals surface area contributed by atoms with Crippen LogP contribution in [0, 0.1) is 56.7 Å². The van der Waals surface area contributed by atoms with Crippen molar-refractivity contribution in [2.75, 3.05) is 19.8 Å². The number of ether oxygens (including phenoxy) is 1. The molecular weight excluding hydrogens is 693 g/mol. The highest BCUT2D eigenvalue weighted by Crippen LogP contribution is 2.76. The molecule has 4 fully saturated rings. The largest absolute Gasteiger partial charge is 0.481 e. The van der Waals surface area contributed by atoms with Crippen LogP contribution in [0.1, 0.15) is 129 Å². The topological polar surface area (TPSA) is 149 Å². The second-order valence-corrected chi connectivity index (χ2v) is 20.1. The van der Waals surface area contributed by atoms with Crippen LogP contribution in [0.25, 0.3) is 0 Å². The molecule has 0 aromatic carbocycles. The summed E-state index contributed by atoms with van der Waals surface area (Å²) in [6.45, 7) is 19.6. The molecule has 9 nitrogen and oxygen atoms in total. The van der Waals surface area contributed by atoms with Gasteiger partial charge in [-0.15, -0.1) is 0 Å². The van der Waals surface area contributed by atoms with Crippen LogP contribution in [0.2, 0.25) is 0 Å². The first-order valence-electron chi connectivity index (χ1n) is 21.0. The van der Waals surface area contributed by atoms with Gasteiger partial charge >= 0.3 is 11.9 Å². The molecule has 0 saturated heterocycles. The molecule has 1 aromatic rings. The molecule has 0 unspecified atom stereocenters. The summed E-state index contributed by atoms with van der Waals surface area (Å²) in [5.41, 5.74) is 3.15. The summed E-state index contributed by atoms with van der Waals surface area (Å²) in [6, 6.07) is 2.95. The predicted octanol–water partition coefficient (Wildman–Crippen LogP) is 8.23. The van der Waals surface area contributed by atoms with Gasteiger partial charge in [-0.2, -0.15) is 0 Å². The Kier molecular flexibility index (Phi) is 10.3. The SMILES string of the molecule is C=C(C)[C@@H]1CC[C@]2(NC[C@@H](O)CO)CC[C@]3(C)[C@H](CC[C@@H]4[C@@]5(C)CC=C(C6=CC[C@](COc7ncccc7C(=O)O)(C(=O)O)CC6)C(C)(C)[C@@H]5CC[C@]43C)[C@@H]12. The zero-order chi connectivity index (χ0) is 39.8. The lowest BCUT2D eigenvalue weighted by atomic mass is 9.33. The van der Waals surface area contributed by atoms with Gasteiger partial charge in [0.1, 0.15) is 17.6 Å². The molecule has 4 saturated carbocycles. The van der Waals surface area contributed by atoms with Crippen LogP contribution >= 0.6 is 0 Å². The predicted molar refractivity (Wildman–Crippen MR) is 213 cm³/mol. The molecule has 0 radical (unpaired) electrons. The molecule has 0 bridgehead atoms. The fourth-order valence-corrected chi connectivity index (χ4v) is 14.4. The van der Waals surface area contributed by atoms with Crippen molar-refractivity contribution in [1.82, 2.24) is 10.3 Å². The molecule has 0 spiro atoms. The van der Waals surface area contributed by atoms with Gasteiger partial charge < -0.3 is 30.5 Å². The number of nitrogens with zero attached hydrogens (tertiary/aromatic N) is 1. The van der Waals surface area contributed by atoms with Gasteiger partial charge in [0.2, 0.25) is 5.88 Å². The summed E-state index contributed by atoms with van der Waals surface area (Å²) >= 11 is 0. The first-order valence-corrected chi connectivity index (χ1v) is 21.0. The second-order valence-electron chi connectivity index (χ2n) is 20.1. The third-order valence-corrected chi connectivity index (χ3v) is 17.4. The molecule has 11 atom stereocenters. The number of aliphatic hydroxyl groups excluding tert-OH is 2. The molecule has 1 heterocycles. The van der Waals surface area contributed by atoms with E-state index < -0.39 is 23.5 Å². The van der Waals surface area contributed by atoms with Crippen molar-refractivity contribution < 1.29 is 34.8 Å². The number of hydrogen-bond acceptors (Lipinski definition) is 7. The molecule has 55 heavy (non-hydrogen) atoms. The van der Waals surface area contributed by atoms with E-state index >= 15 is 0 Å². The number of aliphatic carboxylic acids is 1. The first kappa shape index (κ1) is 40.2. The van der Waals surface area contributed by atoms with Gasteiger partial charge in [0.25, 0.3) is 0 Å². The average molecular weight is 759 g/mol. The summed E-state index contributed by atoms with van der Waals surface area (Å²) < 4.78 is 5.84. The van der Waals surface area contributed by atoms with Crippen molar-refractivity contribution >= 4 is 11.9 Å². The molecule has 6 aliphatic carbocycles. The van der Waals surface area contributed by atoms with Crippen molar-refractivity contribution in [1.29, 1.82) is 0 Å². The fourth-order valence-electron chi connectivity index (χ4n) is 14.4. The van der Waals surface area contributed by atoms with Crippen LogP contribution in [0.3, 0.4) is 0 Å². The molecule has 7 rings (SSSR count). The van der Waals surface area contributed by atoms with E-state index in [1.54, 1.807) is 0 Å². The number of rotatable bonds is 11. The van der Waals surface area contributed by atoms with Gasteiger partial charge in [0.15, 0.2) is 0 Å². The Labute approximate surface area is 328 Å². The monoisotopic (exact) mass is 758 g/mol. The number of aromatic carboxylic acids is 1. The zero-order valence-corrected chi connectivity index (χ0v) is 34.1. The van der Waals surface area contributed by atoms with E-state index in [9.17, 15) is 30.0 Å². The van der Waals surface area contributed by atoms with E-state index in [0.717, 1.165) is 25.7 Å². The molecule has 302 valence electrons. The Balaban J connectivity index is 1.13. The minimum Gasteiger partial charge on any atom is -0.481 e. The highest BCUT2D eigenvalue weighted by atomic mass is 16.5. The maximum Gasteiger partial charge on any atom is 0.341 e. The number of pyridine rings is 1. The van der Waals surface area contributed by atoms with E-state index in [1.165, 1.54) is 67.2 Å². The molecule has 6 aliphatic rings.